The van der Waals surface area contributed by atoms with E-state index >= 15 is 0 Å². The molecule has 0 amide bonds. The molecule has 0 unspecified atom stereocenters. The van der Waals surface area contributed by atoms with E-state index in [2.05, 4.69) is 5.32 Å². The predicted octanol–water partition coefficient (Wildman–Crippen LogP) is 1.61. The molecular weight excluding hydrogens is 167 g/mol. The summed E-state index contributed by atoms with van der Waals surface area (Å²) < 4.78 is 13.2. The van der Waals surface area contributed by atoms with Crippen LogP contribution >= 0.6 is 0 Å². The topological polar surface area (TPSA) is 15.3 Å². The van der Waals surface area contributed by atoms with Crippen LogP contribution in [0, 0.1) is 5.82 Å². The monoisotopic (exact) mass is 182 g/mol. The number of hydrogen-bond acceptors (Lipinski definition) is 2. The lowest BCUT2D eigenvalue weighted by atomic mass is 10.2. The molecule has 1 aromatic rings. The highest BCUT2D eigenvalue weighted by molar-refractivity contribution is 5.47. The van der Waals surface area contributed by atoms with Crippen molar-refractivity contribution in [2.45, 2.75) is 6.54 Å². The quantitative estimate of drug-likeness (QED) is 0.764. The van der Waals surface area contributed by atoms with Crippen molar-refractivity contribution in [3.8, 4) is 0 Å². The minimum Gasteiger partial charge on any atom is -0.378 e. The van der Waals surface area contributed by atoms with E-state index < -0.39 is 0 Å². The van der Waals surface area contributed by atoms with E-state index in [1.165, 1.54) is 6.07 Å². The molecule has 0 aliphatic carbocycles. The Labute approximate surface area is 78.4 Å². The van der Waals surface area contributed by atoms with Crippen molar-refractivity contribution in [2.24, 2.45) is 0 Å². The van der Waals surface area contributed by atoms with Crippen molar-refractivity contribution in [1.29, 1.82) is 0 Å². The van der Waals surface area contributed by atoms with Gasteiger partial charge in [0, 0.05) is 31.9 Å². The SMILES string of the molecule is CNCc1cc(N(C)C)ccc1F. The summed E-state index contributed by atoms with van der Waals surface area (Å²) in [6, 6.07) is 5.13. The number of nitrogens with one attached hydrogen (secondary N) is 1. The average Bonchev–Trinajstić information content (AvgIpc) is 2.08. The Kier molecular flexibility index (Phi) is 3.25. The molecule has 1 rings (SSSR count). The van der Waals surface area contributed by atoms with Crippen molar-refractivity contribution in [2.75, 3.05) is 26.0 Å². The van der Waals surface area contributed by atoms with Crippen LogP contribution in [0.4, 0.5) is 10.1 Å². The second kappa shape index (κ2) is 4.23. The lowest BCUT2D eigenvalue weighted by molar-refractivity contribution is 0.601. The maximum atomic E-state index is 13.2. The molecule has 2 nitrogen and oxygen atoms in total. The molecule has 0 heterocycles. The lowest BCUT2D eigenvalue weighted by Gasteiger charge is -2.14. The zero-order chi connectivity index (χ0) is 9.84. The average molecular weight is 182 g/mol. The third kappa shape index (κ3) is 2.42. The van der Waals surface area contributed by atoms with Crippen molar-refractivity contribution in [1.82, 2.24) is 5.32 Å². The van der Waals surface area contributed by atoms with E-state index in [9.17, 15) is 4.39 Å². The first-order valence-corrected chi connectivity index (χ1v) is 4.25. The van der Waals surface area contributed by atoms with Crippen LogP contribution in [-0.2, 0) is 6.54 Å². The summed E-state index contributed by atoms with van der Waals surface area (Å²) in [5.41, 5.74) is 1.72. The molecule has 0 saturated heterocycles. The van der Waals surface area contributed by atoms with Gasteiger partial charge in [-0.05, 0) is 25.2 Å². The van der Waals surface area contributed by atoms with Crippen LogP contribution in [0.25, 0.3) is 0 Å². The van der Waals surface area contributed by atoms with Gasteiger partial charge in [-0.25, -0.2) is 4.39 Å². The molecule has 0 radical (unpaired) electrons. The number of rotatable bonds is 3. The van der Waals surface area contributed by atoms with E-state index in [1.54, 1.807) is 6.07 Å². The van der Waals surface area contributed by atoms with Crippen LogP contribution < -0.4 is 10.2 Å². The van der Waals surface area contributed by atoms with Crippen molar-refractivity contribution < 1.29 is 4.39 Å². The van der Waals surface area contributed by atoms with E-state index in [4.69, 9.17) is 0 Å². The van der Waals surface area contributed by atoms with Crippen LogP contribution in [0.2, 0.25) is 0 Å². The standard InChI is InChI=1S/C10H15FN2/c1-12-7-8-6-9(13(2)3)4-5-10(8)11/h4-6,12H,7H2,1-3H3. The first kappa shape index (κ1) is 9.99. The Bertz CT molecular complexity index is 284. The van der Waals surface area contributed by atoms with Crippen molar-refractivity contribution in [3.63, 3.8) is 0 Å². The molecule has 13 heavy (non-hydrogen) atoms. The first-order valence-electron chi connectivity index (χ1n) is 4.25. The number of anilines is 1. The van der Waals surface area contributed by atoms with Crippen LogP contribution in [0.3, 0.4) is 0 Å². The molecule has 3 heteroatoms. The molecule has 72 valence electrons. The summed E-state index contributed by atoms with van der Waals surface area (Å²) in [7, 11) is 5.69. The summed E-state index contributed by atoms with van der Waals surface area (Å²) in [4.78, 5) is 1.96. The Balaban J connectivity index is 2.97. The van der Waals surface area contributed by atoms with Gasteiger partial charge in [0.1, 0.15) is 5.82 Å². The molecule has 0 spiro atoms. The highest BCUT2D eigenvalue weighted by Gasteiger charge is 2.03. The smallest absolute Gasteiger partial charge is 0.127 e. The molecule has 0 saturated carbocycles. The predicted molar refractivity (Wildman–Crippen MR) is 53.5 cm³/mol. The van der Waals surface area contributed by atoms with Gasteiger partial charge in [0.25, 0.3) is 0 Å². The maximum Gasteiger partial charge on any atom is 0.127 e. The van der Waals surface area contributed by atoms with Gasteiger partial charge in [0.05, 0.1) is 0 Å². The van der Waals surface area contributed by atoms with Gasteiger partial charge in [-0.2, -0.15) is 0 Å². The second-order valence-corrected chi connectivity index (χ2v) is 3.20. The Morgan fingerprint density at radius 3 is 2.62 bits per heavy atom. The lowest BCUT2D eigenvalue weighted by Crippen LogP contribution is -2.11. The van der Waals surface area contributed by atoms with Crippen LogP contribution in [0.1, 0.15) is 5.56 Å². The van der Waals surface area contributed by atoms with Crippen molar-refractivity contribution in [3.05, 3.63) is 29.6 Å². The summed E-state index contributed by atoms with van der Waals surface area (Å²) in [5.74, 6) is -0.153. The highest BCUT2D eigenvalue weighted by atomic mass is 19.1. The minimum atomic E-state index is -0.153. The third-order valence-electron chi connectivity index (χ3n) is 1.91. The van der Waals surface area contributed by atoms with Gasteiger partial charge >= 0.3 is 0 Å². The van der Waals surface area contributed by atoms with Gasteiger partial charge in [0.15, 0.2) is 0 Å². The van der Waals surface area contributed by atoms with E-state index in [0.717, 1.165) is 5.69 Å². The first-order chi connectivity index (χ1) is 6.15. The fourth-order valence-corrected chi connectivity index (χ4v) is 1.17. The summed E-state index contributed by atoms with van der Waals surface area (Å²) in [5, 5.41) is 2.93. The molecule has 0 bridgehead atoms. The molecule has 0 aliphatic rings. The number of benzene rings is 1. The molecule has 0 aliphatic heterocycles. The van der Waals surface area contributed by atoms with Gasteiger partial charge in [0.2, 0.25) is 0 Å². The Hall–Kier alpha value is -1.09. The summed E-state index contributed by atoms with van der Waals surface area (Å²) in [6.07, 6.45) is 0. The Morgan fingerprint density at radius 1 is 1.38 bits per heavy atom. The normalized spacial score (nSPS) is 10.2. The zero-order valence-corrected chi connectivity index (χ0v) is 8.26. The largest absolute Gasteiger partial charge is 0.378 e. The molecule has 1 aromatic carbocycles. The number of nitrogens with zero attached hydrogens (tertiary/aromatic N) is 1. The fraction of sp³-hybridized carbons (Fsp3) is 0.400. The third-order valence-corrected chi connectivity index (χ3v) is 1.91. The maximum absolute atomic E-state index is 13.2. The molecule has 1 N–H and O–H groups in total. The van der Waals surface area contributed by atoms with Crippen LogP contribution in [0.15, 0.2) is 18.2 Å². The second-order valence-electron chi connectivity index (χ2n) is 3.20. The minimum absolute atomic E-state index is 0.153. The van der Waals surface area contributed by atoms with E-state index in [0.29, 0.717) is 12.1 Å². The van der Waals surface area contributed by atoms with Gasteiger partial charge < -0.3 is 10.2 Å². The van der Waals surface area contributed by atoms with Crippen molar-refractivity contribution >= 4 is 5.69 Å². The van der Waals surface area contributed by atoms with Crippen LogP contribution in [0.5, 0.6) is 0 Å². The summed E-state index contributed by atoms with van der Waals surface area (Å²) in [6.45, 7) is 0.563. The molecular formula is C10H15FN2. The van der Waals surface area contributed by atoms with E-state index in [1.807, 2.05) is 32.1 Å². The molecule has 0 atom stereocenters. The van der Waals surface area contributed by atoms with Crippen LogP contribution in [-0.4, -0.2) is 21.1 Å². The zero-order valence-electron chi connectivity index (χ0n) is 8.26. The molecule has 0 fully saturated rings. The Morgan fingerprint density at radius 2 is 2.08 bits per heavy atom. The molecule has 0 aromatic heterocycles. The summed E-state index contributed by atoms with van der Waals surface area (Å²) >= 11 is 0. The van der Waals surface area contributed by atoms with Gasteiger partial charge in [-0.1, -0.05) is 0 Å². The number of hydrogen-bond donors (Lipinski definition) is 1. The van der Waals surface area contributed by atoms with Gasteiger partial charge in [-0.15, -0.1) is 0 Å². The van der Waals surface area contributed by atoms with E-state index in [-0.39, 0.29) is 5.82 Å². The number of halogens is 1. The highest BCUT2D eigenvalue weighted by Crippen LogP contribution is 2.16. The van der Waals surface area contributed by atoms with Gasteiger partial charge in [-0.3, -0.25) is 0 Å². The fourth-order valence-electron chi connectivity index (χ4n) is 1.17.